The number of carbonyl (C=O) groups is 1. The Kier molecular flexibility index (Phi) is 2.26. The van der Waals surface area contributed by atoms with Crippen molar-refractivity contribution in [2.45, 2.75) is 18.6 Å². The van der Waals surface area contributed by atoms with Crippen LogP contribution in [0, 0.1) is 0 Å². The molecule has 0 heterocycles. The number of allylic oxidation sites excluding steroid dienone is 1. The highest BCUT2D eigenvalue weighted by Crippen LogP contribution is 2.16. The number of hydrogen-bond acceptors (Lipinski definition) is 4. The van der Waals surface area contributed by atoms with Crippen LogP contribution in [-0.4, -0.2) is 35.3 Å². The van der Waals surface area contributed by atoms with Gasteiger partial charge in [0.2, 0.25) is 0 Å². The number of rotatable bonds is 1. The van der Waals surface area contributed by atoms with Crippen molar-refractivity contribution in [1.82, 2.24) is 0 Å². The Bertz CT molecular complexity index is 197. The molecule has 0 saturated carbocycles. The van der Waals surface area contributed by atoms with Crippen molar-refractivity contribution in [3.63, 3.8) is 0 Å². The lowest BCUT2D eigenvalue weighted by Crippen LogP contribution is -2.34. The Hall–Kier alpha value is -0.870. The van der Waals surface area contributed by atoms with Gasteiger partial charge in [-0.3, -0.25) is 4.79 Å². The van der Waals surface area contributed by atoms with Crippen molar-refractivity contribution in [2.24, 2.45) is 0 Å². The average Bonchev–Trinajstić information content (AvgIpc) is 1.96. The van der Waals surface area contributed by atoms with Gasteiger partial charge >= 0.3 is 0 Å². The lowest BCUT2D eigenvalue weighted by atomic mass is 9.99. The van der Waals surface area contributed by atoms with Crippen LogP contribution in [0.1, 0.15) is 6.42 Å². The van der Waals surface area contributed by atoms with Crippen LogP contribution in [0.5, 0.6) is 0 Å². The monoisotopic (exact) mass is 158 g/mol. The van der Waals surface area contributed by atoms with E-state index in [-0.39, 0.29) is 18.0 Å². The third-order valence-electron chi connectivity index (χ3n) is 1.61. The fraction of sp³-hybridized carbons (Fsp3) is 0.571. The molecule has 2 N–H and O–H groups in total. The molecule has 2 atom stereocenters. The van der Waals surface area contributed by atoms with Gasteiger partial charge in [-0.15, -0.1) is 0 Å². The van der Waals surface area contributed by atoms with E-state index in [0.717, 1.165) is 0 Å². The molecule has 0 fully saturated rings. The molecule has 0 aromatic rings. The first kappa shape index (κ1) is 8.23. The molecule has 0 spiro atoms. The van der Waals surface area contributed by atoms with Crippen molar-refractivity contribution in [1.29, 1.82) is 0 Å². The third kappa shape index (κ3) is 1.58. The largest absolute Gasteiger partial charge is 0.498 e. The zero-order valence-electron chi connectivity index (χ0n) is 6.15. The van der Waals surface area contributed by atoms with Gasteiger partial charge in [-0.05, 0) is 0 Å². The number of aliphatic hydroxyl groups excluding tert-OH is 2. The number of ketones is 1. The molecule has 0 radical (unpaired) electrons. The van der Waals surface area contributed by atoms with E-state index < -0.39 is 12.2 Å². The van der Waals surface area contributed by atoms with Gasteiger partial charge in [0.15, 0.2) is 5.78 Å². The van der Waals surface area contributed by atoms with Crippen molar-refractivity contribution in [3.8, 4) is 0 Å². The molecule has 1 aliphatic carbocycles. The number of methoxy groups -OCH3 is 1. The van der Waals surface area contributed by atoms with Crippen molar-refractivity contribution in [3.05, 3.63) is 11.8 Å². The van der Waals surface area contributed by atoms with Crippen LogP contribution in [0.3, 0.4) is 0 Å². The van der Waals surface area contributed by atoms with Gasteiger partial charge in [-0.25, -0.2) is 0 Å². The summed E-state index contributed by atoms with van der Waals surface area (Å²) in [6.07, 6.45) is -0.911. The predicted octanol–water partition coefficient (Wildman–Crippen LogP) is -0.789. The molecule has 4 nitrogen and oxygen atoms in total. The zero-order valence-corrected chi connectivity index (χ0v) is 6.15. The second-order valence-electron chi connectivity index (χ2n) is 2.43. The summed E-state index contributed by atoms with van der Waals surface area (Å²) in [4.78, 5) is 10.8. The maximum absolute atomic E-state index is 10.8. The smallest absolute Gasteiger partial charge is 0.161 e. The summed E-state index contributed by atoms with van der Waals surface area (Å²) in [5.74, 6) is -0.0894. The van der Waals surface area contributed by atoms with Crippen LogP contribution < -0.4 is 0 Å². The maximum Gasteiger partial charge on any atom is 0.161 e. The van der Waals surface area contributed by atoms with Gasteiger partial charge in [0.25, 0.3) is 0 Å². The van der Waals surface area contributed by atoms with Gasteiger partial charge in [-0.1, -0.05) is 0 Å². The summed E-state index contributed by atoms with van der Waals surface area (Å²) in [7, 11) is 1.35. The predicted molar refractivity (Wildman–Crippen MR) is 36.7 cm³/mol. The summed E-state index contributed by atoms with van der Waals surface area (Å²) >= 11 is 0. The minimum absolute atomic E-state index is 0.0337. The van der Waals surface area contributed by atoms with Crippen LogP contribution in [0.25, 0.3) is 0 Å². The lowest BCUT2D eigenvalue weighted by molar-refractivity contribution is -0.120. The fourth-order valence-corrected chi connectivity index (χ4v) is 0.990. The molecule has 11 heavy (non-hydrogen) atoms. The second-order valence-corrected chi connectivity index (χ2v) is 2.43. The van der Waals surface area contributed by atoms with E-state index in [4.69, 9.17) is 10.2 Å². The van der Waals surface area contributed by atoms with Crippen LogP contribution in [0.15, 0.2) is 11.8 Å². The molecule has 1 aliphatic rings. The van der Waals surface area contributed by atoms with Gasteiger partial charge < -0.3 is 14.9 Å². The average molecular weight is 158 g/mol. The zero-order chi connectivity index (χ0) is 8.43. The first-order valence-corrected chi connectivity index (χ1v) is 3.29. The number of hydrogen-bond donors (Lipinski definition) is 2. The van der Waals surface area contributed by atoms with Crippen molar-refractivity contribution < 1.29 is 19.7 Å². The molecule has 4 heteroatoms. The van der Waals surface area contributed by atoms with Gasteiger partial charge in [-0.2, -0.15) is 0 Å². The summed E-state index contributed by atoms with van der Waals surface area (Å²) in [6.45, 7) is 0. The van der Waals surface area contributed by atoms with Crippen LogP contribution >= 0.6 is 0 Å². The normalized spacial score (nSPS) is 31.5. The number of carbonyl (C=O) groups excluding carboxylic acids is 1. The molecule has 0 unspecified atom stereocenters. The van der Waals surface area contributed by atoms with E-state index in [0.29, 0.717) is 0 Å². The first-order chi connectivity index (χ1) is 5.15. The van der Waals surface area contributed by atoms with E-state index in [9.17, 15) is 4.79 Å². The molecule has 0 aliphatic heterocycles. The topological polar surface area (TPSA) is 66.8 Å². The summed E-state index contributed by atoms with van der Waals surface area (Å²) in [6, 6.07) is 0. The lowest BCUT2D eigenvalue weighted by Gasteiger charge is -2.22. The second kappa shape index (κ2) is 3.02. The Morgan fingerprint density at radius 1 is 1.64 bits per heavy atom. The summed E-state index contributed by atoms with van der Waals surface area (Å²) in [5.41, 5.74) is 0. The quantitative estimate of drug-likeness (QED) is 0.525. The van der Waals surface area contributed by atoms with Crippen molar-refractivity contribution >= 4 is 5.78 Å². The number of aliphatic hydroxyl groups is 2. The van der Waals surface area contributed by atoms with Crippen molar-refractivity contribution in [2.75, 3.05) is 7.11 Å². The summed E-state index contributed by atoms with van der Waals surface area (Å²) in [5, 5.41) is 18.2. The molecule has 0 aromatic carbocycles. The minimum atomic E-state index is -1.06. The highest BCUT2D eigenvalue weighted by atomic mass is 16.5. The molecule has 0 saturated heterocycles. The van der Waals surface area contributed by atoms with E-state index in [1.807, 2.05) is 0 Å². The number of ether oxygens (including phenoxy) is 1. The molecule has 0 amide bonds. The standard InChI is InChI=1S/C7H10O4/c1-11-6-3-4(8)2-5(9)7(6)10/h3,5,7,9-10H,2H2,1H3/t5-,7-/m1/s1. The highest BCUT2D eigenvalue weighted by Gasteiger charge is 2.28. The maximum atomic E-state index is 10.8. The molecular weight excluding hydrogens is 148 g/mol. The molecule has 0 bridgehead atoms. The summed E-state index contributed by atoms with van der Waals surface area (Å²) < 4.78 is 4.67. The van der Waals surface area contributed by atoms with E-state index in [1.165, 1.54) is 13.2 Å². The molecule has 1 rings (SSSR count). The van der Waals surface area contributed by atoms with Crippen LogP contribution in [0.4, 0.5) is 0 Å². The fourth-order valence-electron chi connectivity index (χ4n) is 0.990. The molecule has 0 aromatic heterocycles. The van der Waals surface area contributed by atoms with Gasteiger partial charge in [0.05, 0.1) is 13.2 Å². The Morgan fingerprint density at radius 3 is 2.82 bits per heavy atom. The first-order valence-electron chi connectivity index (χ1n) is 3.29. The Balaban J connectivity index is 2.81. The molecule has 62 valence electrons. The molecular formula is C7H10O4. The highest BCUT2D eigenvalue weighted by molar-refractivity contribution is 5.91. The van der Waals surface area contributed by atoms with E-state index in [2.05, 4.69) is 4.74 Å². The Labute approximate surface area is 64.1 Å². The minimum Gasteiger partial charge on any atom is -0.498 e. The Morgan fingerprint density at radius 2 is 2.27 bits per heavy atom. The van der Waals surface area contributed by atoms with Crippen LogP contribution in [0.2, 0.25) is 0 Å². The van der Waals surface area contributed by atoms with Crippen LogP contribution in [-0.2, 0) is 9.53 Å². The van der Waals surface area contributed by atoms with E-state index in [1.54, 1.807) is 0 Å². The van der Waals surface area contributed by atoms with E-state index >= 15 is 0 Å². The SMILES string of the molecule is COC1=CC(=O)C[C@@H](O)[C@H]1O. The third-order valence-corrected chi connectivity index (χ3v) is 1.61. The van der Waals surface area contributed by atoms with Gasteiger partial charge in [0.1, 0.15) is 11.9 Å². The van der Waals surface area contributed by atoms with Gasteiger partial charge in [0, 0.05) is 12.5 Å².